The minimum atomic E-state index is -0.610. The molecular weight excluding hydrogens is 413 g/mol. The van der Waals surface area contributed by atoms with Crippen LogP contribution in [0.4, 0.5) is 26.2 Å². The minimum Gasteiger partial charge on any atom is -0.326 e. The second-order valence-electron chi connectivity index (χ2n) is 6.64. The van der Waals surface area contributed by atoms with E-state index < -0.39 is 17.8 Å². The molecule has 0 aromatic heterocycles. The van der Waals surface area contributed by atoms with Crippen molar-refractivity contribution in [2.24, 2.45) is 5.10 Å². The first-order valence-corrected chi connectivity index (χ1v) is 9.54. The summed E-state index contributed by atoms with van der Waals surface area (Å²) in [6.45, 7) is 1.42. The number of carbonyl (C=O) groups excluding carboxylic acids is 3. The Morgan fingerprint density at radius 2 is 1.44 bits per heavy atom. The Kier molecular flexibility index (Phi) is 7.26. The van der Waals surface area contributed by atoms with Crippen LogP contribution in [0.25, 0.3) is 0 Å². The van der Waals surface area contributed by atoms with Crippen molar-refractivity contribution in [1.82, 2.24) is 5.43 Å². The molecule has 162 valence electrons. The smallest absolute Gasteiger partial charge is 0.323 e. The lowest BCUT2D eigenvalue weighted by Gasteiger charge is -2.08. The van der Waals surface area contributed by atoms with E-state index in [1.165, 1.54) is 43.5 Å². The highest BCUT2D eigenvalue weighted by atomic mass is 19.1. The molecule has 4 amide bonds. The number of nitrogens with zero attached hydrogens (tertiary/aromatic N) is 1. The Morgan fingerprint density at radius 3 is 2.09 bits per heavy atom. The highest BCUT2D eigenvalue weighted by Gasteiger charge is 2.08. The minimum absolute atomic E-state index is 0.0589. The number of anilines is 3. The third-order valence-corrected chi connectivity index (χ3v) is 4.14. The summed E-state index contributed by atoms with van der Waals surface area (Å²) in [4.78, 5) is 35.2. The zero-order chi connectivity index (χ0) is 22.9. The summed E-state index contributed by atoms with van der Waals surface area (Å²) in [5.74, 6) is -1.14. The first kappa shape index (κ1) is 22.2. The largest absolute Gasteiger partial charge is 0.326 e. The molecule has 0 heterocycles. The second-order valence-corrected chi connectivity index (χ2v) is 6.64. The van der Waals surface area contributed by atoms with Crippen molar-refractivity contribution in [1.29, 1.82) is 0 Å². The molecule has 0 unspecified atom stereocenters. The normalized spacial score (nSPS) is 10.4. The van der Waals surface area contributed by atoms with Gasteiger partial charge in [0.05, 0.1) is 11.9 Å². The third-order valence-electron chi connectivity index (χ3n) is 4.14. The fraction of sp³-hybridized carbons (Fsp3) is 0.0435. The molecule has 0 atom stereocenters. The van der Waals surface area contributed by atoms with E-state index in [0.29, 0.717) is 16.9 Å². The number of nitrogens with one attached hydrogen (secondary N) is 4. The second kappa shape index (κ2) is 10.5. The molecule has 3 rings (SSSR count). The standard InChI is InChI=1S/C23H20FN5O3/c1-15(30)26-18-10-6-16(7-11-18)14-25-29-22(31)17-8-12-19(13-9-17)27-23(32)28-21-5-3-2-4-20(21)24/h2-14H,1H3,(H,26,30)(H,29,31)(H2,27,28,32)/b25-14+. The molecule has 9 heteroatoms. The van der Waals surface area contributed by atoms with Gasteiger partial charge in [0.1, 0.15) is 5.82 Å². The van der Waals surface area contributed by atoms with Gasteiger partial charge in [-0.25, -0.2) is 14.6 Å². The summed E-state index contributed by atoms with van der Waals surface area (Å²) in [5, 5.41) is 11.5. The van der Waals surface area contributed by atoms with Crippen LogP contribution in [-0.2, 0) is 4.79 Å². The number of urea groups is 1. The molecule has 3 aromatic rings. The topological polar surface area (TPSA) is 112 Å². The van der Waals surface area contributed by atoms with Gasteiger partial charge in [0, 0.05) is 23.9 Å². The van der Waals surface area contributed by atoms with Gasteiger partial charge in [-0.15, -0.1) is 0 Å². The maximum atomic E-state index is 13.6. The van der Waals surface area contributed by atoms with Crippen LogP contribution in [0.1, 0.15) is 22.8 Å². The number of amides is 4. The van der Waals surface area contributed by atoms with E-state index in [9.17, 15) is 18.8 Å². The monoisotopic (exact) mass is 433 g/mol. The predicted molar refractivity (Wildman–Crippen MR) is 121 cm³/mol. The number of carbonyl (C=O) groups is 3. The summed E-state index contributed by atoms with van der Waals surface area (Å²) in [6, 6.07) is 18.3. The molecule has 8 nitrogen and oxygen atoms in total. The van der Waals surface area contributed by atoms with Crippen molar-refractivity contribution in [2.75, 3.05) is 16.0 Å². The Morgan fingerprint density at radius 1 is 0.812 bits per heavy atom. The van der Waals surface area contributed by atoms with Gasteiger partial charge in [0.15, 0.2) is 0 Å². The Hall–Kier alpha value is -4.53. The third kappa shape index (κ3) is 6.49. The lowest BCUT2D eigenvalue weighted by molar-refractivity contribution is -0.114. The van der Waals surface area contributed by atoms with Gasteiger partial charge in [0.2, 0.25) is 5.91 Å². The van der Waals surface area contributed by atoms with Crippen LogP contribution in [0.2, 0.25) is 0 Å². The molecule has 0 aliphatic rings. The fourth-order valence-corrected chi connectivity index (χ4v) is 2.64. The number of hydrogen-bond acceptors (Lipinski definition) is 4. The van der Waals surface area contributed by atoms with Gasteiger partial charge in [-0.05, 0) is 54.1 Å². The van der Waals surface area contributed by atoms with Crippen LogP contribution < -0.4 is 21.4 Å². The summed E-state index contributed by atoms with van der Waals surface area (Å²) in [6.07, 6.45) is 1.47. The number of hydrogen-bond donors (Lipinski definition) is 4. The number of hydrazone groups is 1. The molecule has 0 fully saturated rings. The molecule has 0 saturated carbocycles. The number of halogens is 1. The van der Waals surface area contributed by atoms with Gasteiger partial charge in [-0.2, -0.15) is 5.10 Å². The van der Waals surface area contributed by atoms with E-state index in [0.717, 1.165) is 5.56 Å². The quantitative estimate of drug-likeness (QED) is 0.345. The SMILES string of the molecule is CC(=O)Nc1ccc(/C=N/NC(=O)c2ccc(NC(=O)Nc3ccccc3F)cc2)cc1. The van der Waals surface area contributed by atoms with Crippen molar-refractivity contribution >= 4 is 41.1 Å². The molecule has 0 saturated heterocycles. The van der Waals surface area contributed by atoms with Crippen molar-refractivity contribution in [2.45, 2.75) is 6.92 Å². The maximum Gasteiger partial charge on any atom is 0.323 e. The fourth-order valence-electron chi connectivity index (χ4n) is 2.64. The number of rotatable bonds is 6. The van der Waals surface area contributed by atoms with Crippen LogP contribution in [0.15, 0.2) is 77.9 Å². The number of benzene rings is 3. The van der Waals surface area contributed by atoms with E-state index >= 15 is 0 Å². The zero-order valence-corrected chi connectivity index (χ0v) is 17.1. The molecule has 32 heavy (non-hydrogen) atoms. The first-order valence-electron chi connectivity index (χ1n) is 9.54. The molecule has 0 aliphatic carbocycles. The molecular formula is C23H20FN5O3. The van der Waals surface area contributed by atoms with Crippen LogP contribution in [0, 0.1) is 5.82 Å². The molecule has 0 spiro atoms. The first-order chi connectivity index (χ1) is 15.4. The van der Waals surface area contributed by atoms with E-state index in [2.05, 4.69) is 26.5 Å². The van der Waals surface area contributed by atoms with Gasteiger partial charge in [-0.3, -0.25) is 9.59 Å². The van der Waals surface area contributed by atoms with Crippen LogP contribution in [0.3, 0.4) is 0 Å². The Labute approximate surface area is 183 Å². The summed E-state index contributed by atoms with van der Waals surface area (Å²) in [7, 11) is 0. The summed E-state index contributed by atoms with van der Waals surface area (Å²) in [5.41, 5.74) is 4.63. The lowest BCUT2D eigenvalue weighted by Crippen LogP contribution is -2.20. The zero-order valence-electron chi connectivity index (χ0n) is 17.1. The van der Waals surface area contributed by atoms with Crippen molar-refractivity contribution in [3.05, 3.63) is 89.7 Å². The lowest BCUT2D eigenvalue weighted by atomic mass is 10.2. The summed E-state index contributed by atoms with van der Waals surface area (Å²) < 4.78 is 13.6. The van der Waals surface area contributed by atoms with Crippen molar-refractivity contribution in [3.8, 4) is 0 Å². The molecule has 4 N–H and O–H groups in total. The highest BCUT2D eigenvalue weighted by Crippen LogP contribution is 2.14. The van der Waals surface area contributed by atoms with Gasteiger partial charge in [-0.1, -0.05) is 24.3 Å². The predicted octanol–water partition coefficient (Wildman–Crippen LogP) is 4.19. The average molecular weight is 433 g/mol. The maximum absolute atomic E-state index is 13.6. The highest BCUT2D eigenvalue weighted by molar-refractivity contribution is 6.00. The molecule has 3 aromatic carbocycles. The Bertz CT molecular complexity index is 1150. The van der Waals surface area contributed by atoms with E-state index in [-0.39, 0.29) is 11.6 Å². The van der Waals surface area contributed by atoms with Crippen LogP contribution in [0.5, 0.6) is 0 Å². The van der Waals surface area contributed by atoms with Crippen LogP contribution in [-0.4, -0.2) is 24.1 Å². The van der Waals surface area contributed by atoms with E-state index in [1.807, 2.05) is 0 Å². The van der Waals surface area contributed by atoms with Crippen LogP contribution >= 0.6 is 0 Å². The van der Waals surface area contributed by atoms with Gasteiger partial charge in [0.25, 0.3) is 5.91 Å². The van der Waals surface area contributed by atoms with Crippen molar-refractivity contribution in [3.63, 3.8) is 0 Å². The average Bonchev–Trinajstić information content (AvgIpc) is 2.76. The molecule has 0 aliphatic heterocycles. The molecule has 0 bridgehead atoms. The van der Waals surface area contributed by atoms with E-state index in [4.69, 9.17) is 0 Å². The molecule has 0 radical (unpaired) electrons. The Balaban J connectivity index is 1.51. The summed E-state index contributed by atoms with van der Waals surface area (Å²) >= 11 is 0. The van der Waals surface area contributed by atoms with Gasteiger partial charge < -0.3 is 16.0 Å². The van der Waals surface area contributed by atoms with Gasteiger partial charge >= 0.3 is 6.03 Å². The number of para-hydroxylation sites is 1. The van der Waals surface area contributed by atoms with Crippen molar-refractivity contribution < 1.29 is 18.8 Å². The van der Waals surface area contributed by atoms with E-state index in [1.54, 1.807) is 42.5 Å².